The van der Waals surface area contributed by atoms with Crippen LogP contribution < -0.4 is 5.32 Å². The smallest absolute Gasteiger partial charge is 0.0638 e. The lowest BCUT2D eigenvalue weighted by Crippen LogP contribution is -2.40. The molecule has 19 heavy (non-hydrogen) atoms. The summed E-state index contributed by atoms with van der Waals surface area (Å²) in [5, 5.41) is 5.05. The molecule has 0 atom stereocenters. The molecule has 0 radical (unpaired) electrons. The van der Waals surface area contributed by atoms with E-state index >= 15 is 0 Å². The van der Waals surface area contributed by atoms with Crippen LogP contribution in [0.3, 0.4) is 0 Å². The van der Waals surface area contributed by atoms with Gasteiger partial charge < -0.3 is 5.32 Å². The number of nitrogens with one attached hydrogen (secondary N) is 1. The van der Waals surface area contributed by atoms with E-state index in [0.717, 1.165) is 15.7 Å². The van der Waals surface area contributed by atoms with E-state index in [1.807, 2.05) is 18.2 Å². The summed E-state index contributed by atoms with van der Waals surface area (Å²) in [6.07, 6.45) is 3.60. The van der Waals surface area contributed by atoms with E-state index in [1.165, 1.54) is 19.3 Å². The van der Waals surface area contributed by atoms with Crippen LogP contribution in [0, 0.1) is 10.8 Å². The van der Waals surface area contributed by atoms with E-state index in [1.54, 1.807) is 0 Å². The van der Waals surface area contributed by atoms with Crippen LogP contribution in [-0.2, 0) is 0 Å². The van der Waals surface area contributed by atoms with Crippen molar-refractivity contribution in [2.45, 2.75) is 53.0 Å². The Kier molecular flexibility index (Phi) is 4.09. The third-order valence-corrected chi connectivity index (χ3v) is 4.41. The van der Waals surface area contributed by atoms with Gasteiger partial charge in [-0.1, -0.05) is 50.9 Å². The average molecular weight is 300 g/mol. The normalized spacial score (nSPS) is 22.2. The summed E-state index contributed by atoms with van der Waals surface area (Å²) in [5.41, 5.74) is 1.68. The molecule has 0 aliphatic heterocycles. The number of halogens is 2. The molecule has 0 unspecified atom stereocenters. The molecule has 1 fully saturated rings. The van der Waals surface area contributed by atoms with E-state index < -0.39 is 0 Å². The third kappa shape index (κ3) is 4.03. The maximum absolute atomic E-state index is 6.24. The van der Waals surface area contributed by atoms with Gasteiger partial charge in [0.25, 0.3) is 0 Å². The molecule has 0 spiro atoms. The zero-order valence-electron chi connectivity index (χ0n) is 12.2. The first-order chi connectivity index (χ1) is 8.67. The first kappa shape index (κ1) is 15.0. The monoisotopic (exact) mass is 299 g/mol. The highest BCUT2D eigenvalue weighted by atomic mass is 35.5. The largest absolute Gasteiger partial charge is 0.381 e. The molecule has 0 heterocycles. The van der Waals surface area contributed by atoms with Crippen molar-refractivity contribution in [2.75, 3.05) is 5.32 Å². The summed E-state index contributed by atoms with van der Waals surface area (Å²) in [5.74, 6) is 0. The van der Waals surface area contributed by atoms with Gasteiger partial charge in [-0.05, 0) is 48.3 Å². The molecule has 2 rings (SSSR count). The van der Waals surface area contributed by atoms with Gasteiger partial charge in [-0.15, -0.1) is 0 Å². The summed E-state index contributed by atoms with van der Waals surface area (Å²) < 4.78 is 0. The van der Waals surface area contributed by atoms with E-state index in [2.05, 4.69) is 33.0 Å². The summed E-state index contributed by atoms with van der Waals surface area (Å²) in [6, 6.07) is 6.04. The number of anilines is 1. The zero-order chi connectivity index (χ0) is 14.3. The Morgan fingerprint density at radius 2 is 1.63 bits per heavy atom. The maximum Gasteiger partial charge on any atom is 0.0638 e. The molecule has 0 aromatic heterocycles. The lowest BCUT2D eigenvalue weighted by atomic mass is 9.63. The van der Waals surface area contributed by atoms with Crippen LogP contribution in [-0.4, -0.2) is 6.04 Å². The minimum absolute atomic E-state index is 0.366. The van der Waals surface area contributed by atoms with Crippen molar-refractivity contribution in [3.05, 3.63) is 28.2 Å². The van der Waals surface area contributed by atoms with Crippen molar-refractivity contribution in [1.29, 1.82) is 0 Å². The molecule has 1 aromatic rings. The number of benzene rings is 1. The second-order valence-corrected chi connectivity index (χ2v) is 8.22. The van der Waals surface area contributed by atoms with Gasteiger partial charge in [-0.25, -0.2) is 0 Å². The van der Waals surface area contributed by atoms with Crippen LogP contribution >= 0.6 is 23.2 Å². The molecule has 0 saturated heterocycles. The molecule has 1 aromatic carbocycles. The molecule has 1 N–H and O–H groups in total. The van der Waals surface area contributed by atoms with Gasteiger partial charge in [0.15, 0.2) is 0 Å². The Bertz CT molecular complexity index is 450. The molecular weight excluding hydrogens is 277 g/mol. The fourth-order valence-corrected chi connectivity index (χ4v) is 4.12. The van der Waals surface area contributed by atoms with Crippen molar-refractivity contribution >= 4 is 28.9 Å². The highest BCUT2D eigenvalue weighted by Gasteiger charge is 2.38. The van der Waals surface area contributed by atoms with Crippen molar-refractivity contribution in [3.63, 3.8) is 0 Å². The van der Waals surface area contributed by atoms with E-state index in [-0.39, 0.29) is 0 Å². The van der Waals surface area contributed by atoms with Crippen molar-refractivity contribution in [1.82, 2.24) is 0 Å². The van der Waals surface area contributed by atoms with Crippen LogP contribution in [0.25, 0.3) is 0 Å². The summed E-state index contributed by atoms with van der Waals surface area (Å²) in [6.45, 7) is 9.40. The molecule has 3 heteroatoms. The average Bonchev–Trinajstić information content (AvgIpc) is 2.18. The lowest BCUT2D eigenvalue weighted by Gasteiger charge is -2.45. The standard InChI is InChI=1S/C16H23Cl2N/c1-15(2)8-12(9-16(3,4)10-15)19-14-7-11(17)5-6-13(14)18/h5-7,12,19H,8-10H2,1-4H3. The van der Waals surface area contributed by atoms with Gasteiger partial charge in [0, 0.05) is 11.1 Å². The third-order valence-electron chi connectivity index (χ3n) is 3.84. The Morgan fingerprint density at radius 1 is 1.05 bits per heavy atom. The SMILES string of the molecule is CC1(C)CC(Nc2cc(Cl)ccc2Cl)CC(C)(C)C1. The second-order valence-electron chi connectivity index (χ2n) is 7.38. The molecule has 1 saturated carbocycles. The van der Waals surface area contributed by atoms with E-state index in [9.17, 15) is 0 Å². The lowest BCUT2D eigenvalue weighted by molar-refractivity contribution is 0.105. The van der Waals surface area contributed by atoms with Crippen LogP contribution in [0.2, 0.25) is 10.0 Å². The summed E-state index contributed by atoms with van der Waals surface area (Å²) in [4.78, 5) is 0. The van der Waals surface area contributed by atoms with Crippen LogP contribution in [0.1, 0.15) is 47.0 Å². The quantitative estimate of drug-likeness (QED) is 0.705. The van der Waals surface area contributed by atoms with Crippen LogP contribution in [0.5, 0.6) is 0 Å². The molecular formula is C16H23Cl2N. The molecule has 0 bridgehead atoms. The highest BCUT2D eigenvalue weighted by Crippen LogP contribution is 2.46. The predicted octanol–water partition coefficient (Wildman–Crippen LogP) is 6.01. The zero-order valence-corrected chi connectivity index (χ0v) is 13.7. The molecule has 1 aliphatic rings. The molecule has 0 amide bonds. The van der Waals surface area contributed by atoms with Crippen LogP contribution in [0.15, 0.2) is 18.2 Å². The van der Waals surface area contributed by atoms with Crippen molar-refractivity contribution < 1.29 is 0 Å². The minimum atomic E-state index is 0.366. The topological polar surface area (TPSA) is 12.0 Å². The van der Waals surface area contributed by atoms with Crippen molar-refractivity contribution in [3.8, 4) is 0 Å². The summed E-state index contributed by atoms with van der Waals surface area (Å²) >= 11 is 12.3. The van der Waals surface area contributed by atoms with E-state index in [4.69, 9.17) is 23.2 Å². The second kappa shape index (κ2) is 5.18. The summed E-state index contributed by atoms with van der Waals surface area (Å²) in [7, 11) is 0. The maximum atomic E-state index is 6.24. The number of rotatable bonds is 2. The van der Waals surface area contributed by atoms with E-state index in [0.29, 0.717) is 16.9 Å². The Balaban J connectivity index is 2.16. The number of hydrogen-bond acceptors (Lipinski definition) is 1. The van der Waals surface area contributed by atoms with Gasteiger partial charge in [0.1, 0.15) is 0 Å². The predicted molar refractivity (Wildman–Crippen MR) is 85.3 cm³/mol. The molecule has 1 nitrogen and oxygen atoms in total. The Hall–Kier alpha value is -0.400. The minimum Gasteiger partial charge on any atom is -0.381 e. The molecule has 1 aliphatic carbocycles. The first-order valence-corrected chi connectivity index (χ1v) is 7.64. The van der Waals surface area contributed by atoms with Crippen molar-refractivity contribution in [2.24, 2.45) is 10.8 Å². The van der Waals surface area contributed by atoms with Gasteiger partial charge in [0.05, 0.1) is 10.7 Å². The highest BCUT2D eigenvalue weighted by molar-refractivity contribution is 6.35. The van der Waals surface area contributed by atoms with Crippen LogP contribution in [0.4, 0.5) is 5.69 Å². The Morgan fingerprint density at radius 3 is 2.21 bits per heavy atom. The fourth-order valence-electron chi connectivity index (χ4n) is 3.78. The fraction of sp³-hybridized carbons (Fsp3) is 0.625. The van der Waals surface area contributed by atoms with Gasteiger partial charge in [-0.3, -0.25) is 0 Å². The molecule has 106 valence electrons. The number of hydrogen-bond donors (Lipinski definition) is 1. The van der Waals surface area contributed by atoms with Gasteiger partial charge in [-0.2, -0.15) is 0 Å². The Labute approximate surface area is 126 Å². The van der Waals surface area contributed by atoms with Gasteiger partial charge in [0.2, 0.25) is 0 Å². The van der Waals surface area contributed by atoms with Gasteiger partial charge >= 0.3 is 0 Å². The first-order valence-electron chi connectivity index (χ1n) is 6.89.